The van der Waals surface area contributed by atoms with Crippen molar-refractivity contribution in [3.8, 4) is 0 Å². The van der Waals surface area contributed by atoms with E-state index in [9.17, 15) is 9.59 Å². The first-order valence-corrected chi connectivity index (χ1v) is 9.52. The molecule has 3 N–H and O–H groups in total. The van der Waals surface area contributed by atoms with Crippen LogP contribution < -0.4 is 10.8 Å². The molecule has 1 aromatic heterocycles. The van der Waals surface area contributed by atoms with E-state index in [2.05, 4.69) is 10.3 Å². The van der Waals surface area contributed by atoms with Gasteiger partial charge in [0.15, 0.2) is 0 Å². The Morgan fingerprint density at radius 3 is 2.64 bits per heavy atom. The maximum atomic E-state index is 12.6. The maximum Gasteiger partial charge on any atom is 0.320 e. The summed E-state index contributed by atoms with van der Waals surface area (Å²) >= 11 is 6.28. The Bertz CT molecular complexity index is 725. The lowest BCUT2D eigenvalue weighted by Gasteiger charge is -2.31. The molecular formula is C18H25Cl2N5O3. The second-order valence-electron chi connectivity index (χ2n) is 6.81. The van der Waals surface area contributed by atoms with Gasteiger partial charge in [0.1, 0.15) is 5.82 Å². The molecule has 3 rings (SSSR count). The Morgan fingerprint density at radius 2 is 1.96 bits per heavy atom. The van der Waals surface area contributed by atoms with Crippen LogP contribution in [0.2, 0.25) is 5.02 Å². The average Bonchev–Trinajstić information content (AvgIpc) is 3.16. The number of anilines is 1. The number of nitrogens with one attached hydrogen (secondary N) is 2. The molecule has 2 aliphatic rings. The van der Waals surface area contributed by atoms with Crippen LogP contribution in [0.15, 0.2) is 18.3 Å². The van der Waals surface area contributed by atoms with Crippen molar-refractivity contribution in [3.05, 3.63) is 28.9 Å². The molecule has 0 saturated carbocycles. The van der Waals surface area contributed by atoms with Crippen molar-refractivity contribution in [1.82, 2.24) is 20.3 Å². The molecule has 0 aromatic carbocycles. The highest BCUT2D eigenvalue weighted by atomic mass is 35.5. The van der Waals surface area contributed by atoms with Gasteiger partial charge >= 0.3 is 6.03 Å². The Morgan fingerprint density at radius 1 is 1.21 bits per heavy atom. The monoisotopic (exact) mass is 429 g/mol. The van der Waals surface area contributed by atoms with Gasteiger partial charge in [-0.25, -0.2) is 15.3 Å². The van der Waals surface area contributed by atoms with Crippen LogP contribution in [-0.4, -0.2) is 64.2 Å². The molecule has 8 nitrogen and oxygen atoms in total. The number of aromatic nitrogens is 1. The topological polar surface area (TPSA) is 97.8 Å². The van der Waals surface area contributed by atoms with Crippen LogP contribution in [-0.2, 0) is 4.79 Å². The fourth-order valence-electron chi connectivity index (χ4n) is 3.39. The number of urea groups is 1. The number of hydrogen-bond acceptors (Lipinski definition) is 5. The normalized spacial score (nSPS) is 19.4. The summed E-state index contributed by atoms with van der Waals surface area (Å²) in [6.45, 7) is 3.06. The lowest BCUT2D eigenvalue weighted by molar-refractivity contribution is -0.124. The molecule has 3 amide bonds. The van der Waals surface area contributed by atoms with Crippen molar-refractivity contribution in [1.29, 1.82) is 0 Å². The van der Waals surface area contributed by atoms with E-state index in [0.717, 1.165) is 38.9 Å². The van der Waals surface area contributed by atoms with Gasteiger partial charge in [0.05, 0.1) is 5.02 Å². The third-order valence-electron chi connectivity index (χ3n) is 4.83. The molecular weight excluding hydrogens is 405 g/mol. The maximum absolute atomic E-state index is 12.6. The average molecular weight is 430 g/mol. The number of rotatable bonds is 4. The molecule has 3 heterocycles. The van der Waals surface area contributed by atoms with Crippen molar-refractivity contribution in [2.75, 3.05) is 31.5 Å². The number of carbonyl (C=O) groups excluding carboxylic acids is 2. The van der Waals surface area contributed by atoms with Gasteiger partial charge in [-0.2, -0.15) is 0 Å². The van der Waals surface area contributed by atoms with Crippen molar-refractivity contribution in [3.63, 3.8) is 0 Å². The van der Waals surface area contributed by atoms with Gasteiger partial charge in [0, 0.05) is 44.5 Å². The first-order chi connectivity index (χ1) is 13.1. The minimum atomic E-state index is -0.627. The first-order valence-electron chi connectivity index (χ1n) is 9.15. The summed E-state index contributed by atoms with van der Waals surface area (Å²) in [6, 6.07) is 1.91. The SMILES string of the molecule is Cl.O=C(C=Cc1cnc(N[C@@H]2CCN(C(=O)N3CCCCC3)C2)c(Cl)c1)NO. The van der Waals surface area contributed by atoms with E-state index in [4.69, 9.17) is 16.8 Å². The van der Waals surface area contributed by atoms with Gasteiger partial charge in [0.25, 0.3) is 5.91 Å². The third kappa shape index (κ3) is 5.73. The van der Waals surface area contributed by atoms with Crippen LogP contribution in [0.4, 0.5) is 10.6 Å². The van der Waals surface area contributed by atoms with E-state index in [1.165, 1.54) is 24.1 Å². The zero-order valence-corrected chi connectivity index (χ0v) is 17.0. The van der Waals surface area contributed by atoms with E-state index in [-0.39, 0.29) is 24.5 Å². The highest BCUT2D eigenvalue weighted by Crippen LogP contribution is 2.24. The van der Waals surface area contributed by atoms with E-state index < -0.39 is 5.91 Å². The number of nitrogens with zero attached hydrogens (tertiary/aromatic N) is 3. The number of halogens is 2. The second kappa shape index (κ2) is 10.5. The number of hydroxylamine groups is 1. The van der Waals surface area contributed by atoms with Gasteiger partial charge in [-0.1, -0.05) is 11.6 Å². The van der Waals surface area contributed by atoms with Crippen LogP contribution in [0.1, 0.15) is 31.2 Å². The summed E-state index contributed by atoms with van der Waals surface area (Å²) in [5.41, 5.74) is 2.16. The van der Waals surface area contributed by atoms with Gasteiger partial charge in [0.2, 0.25) is 0 Å². The number of piperidine rings is 1. The van der Waals surface area contributed by atoms with Crippen LogP contribution in [0.3, 0.4) is 0 Å². The number of likely N-dealkylation sites (tertiary alicyclic amines) is 2. The van der Waals surface area contributed by atoms with Crippen molar-refractivity contribution < 1.29 is 14.8 Å². The van der Waals surface area contributed by atoms with Gasteiger partial charge in [-0.3, -0.25) is 10.0 Å². The molecule has 1 atom stereocenters. The van der Waals surface area contributed by atoms with E-state index in [1.807, 2.05) is 9.80 Å². The van der Waals surface area contributed by atoms with Crippen LogP contribution in [0.25, 0.3) is 6.08 Å². The molecule has 2 saturated heterocycles. The van der Waals surface area contributed by atoms with Gasteiger partial charge in [-0.15, -0.1) is 12.4 Å². The quantitative estimate of drug-likeness (QED) is 0.388. The summed E-state index contributed by atoms with van der Waals surface area (Å²) in [5.74, 6) is -0.0737. The summed E-state index contributed by atoms with van der Waals surface area (Å²) in [7, 11) is 0. The lowest BCUT2D eigenvalue weighted by atomic mass is 10.1. The zero-order chi connectivity index (χ0) is 19.2. The fraction of sp³-hybridized carbons (Fsp3) is 0.500. The number of pyridine rings is 1. The summed E-state index contributed by atoms with van der Waals surface area (Å²) in [5, 5.41) is 12.2. The Hall–Kier alpha value is -2.03. The standard InChI is InChI=1S/C18H24ClN5O3.ClH/c19-15-10-13(4-5-16(25)22-27)11-20-17(15)21-14-6-9-24(12-14)18(26)23-7-2-1-3-8-23;/h4-5,10-11,14,27H,1-3,6-9,12H2,(H,20,21)(H,22,25);1H/t14-;/m1./s1. The Labute approximate surface area is 175 Å². The molecule has 0 spiro atoms. The Kier molecular flexibility index (Phi) is 8.35. The van der Waals surface area contributed by atoms with Crippen molar-refractivity contribution in [2.45, 2.75) is 31.7 Å². The zero-order valence-electron chi connectivity index (χ0n) is 15.4. The van der Waals surface area contributed by atoms with E-state index in [0.29, 0.717) is 22.9 Å². The predicted octanol–water partition coefficient (Wildman–Crippen LogP) is 2.77. The molecule has 28 heavy (non-hydrogen) atoms. The van der Waals surface area contributed by atoms with Crippen molar-refractivity contribution >= 4 is 47.8 Å². The molecule has 154 valence electrons. The number of amides is 3. The molecule has 0 radical (unpaired) electrons. The highest BCUT2D eigenvalue weighted by molar-refractivity contribution is 6.33. The van der Waals surface area contributed by atoms with Gasteiger partial charge < -0.3 is 15.1 Å². The molecule has 1 aromatic rings. The molecule has 0 bridgehead atoms. The number of hydrogen-bond donors (Lipinski definition) is 3. The lowest BCUT2D eigenvalue weighted by Crippen LogP contribution is -2.45. The molecule has 10 heteroatoms. The Balaban J connectivity index is 0.00000280. The third-order valence-corrected chi connectivity index (χ3v) is 5.11. The summed E-state index contributed by atoms with van der Waals surface area (Å²) in [4.78, 5) is 31.7. The summed E-state index contributed by atoms with van der Waals surface area (Å²) < 4.78 is 0. The largest absolute Gasteiger partial charge is 0.364 e. The van der Waals surface area contributed by atoms with Crippen LogP contribution >= 0.6 is 24.0 Å². The predicted molar refractivity (Wildman–Crippen MR) is 110 cm³/mol. The minimum absolute atomic E-state index is 0. The molecule has 0 unspecified atom stereocenters. The molecule has 0 aliphatic carbocycles. The first kappa shape index (κ1) is 22.3. The smallest absolute Gasteiger partial charge is 0.320 e. The van der Waals surface area contributed by atoms with Gasteiger partial charge in [-0.05, 0) is 43.4 Å². The summed E-state index contributed by atoms with van der Waals surface area (Å²) in [6.07, 6.45) is 8.48. The molecule has 2 aliphatic heterocycles. The highest BCUT2D eigenvalue weighted by Gasteiger charge is 2.30. The minimum Gasteiger partial charge on any atom is -0.364 e. The van der Waals surface area contributed by atoms with E-state index in [1.54, 1.807) is 12.3 Å². The van der Waals surface area contributed by atoms with Crippen LogP contribution in [0, 0.1) is 0 Å². The van der Waals surface area contributed by atoms with E-state index >= 15 is 0 Å². The molecule has 2 fully saturated rings. The van der Waals surface area contributed by atoms with Crippen LogP contribution in [0.5, 0.6) is 0 Å². The van der Waals surface area contributed by atoms with Crippen molar-refractivity contribution in [2.24, 2.45) is 0 Å². The second-order valence-corrected chi connectivity index (χ2v) is 7.22. The fourth-order valence-corrected chi connectivity index (χ4v) is 3.62. The number of carbonyl (C=O) groups is 2.